The minimum Gasteiger partial charge on any atom is -0.491 e. The van der Waals surface area contributed by atoms with Crippen LogP contribution in [0.2, 0.25) is 0 Å². The van der Waals surface area contributed by atoms with Gasteiger partial charge in [-0.3, -0.25) is 0 Å². The number of aliphatic hydroxyl groups excluding tert-OH is 1. The first-order valence-corrected chi connectivity index (χ1v) is 7.07. The van der Waals surface area contributed by atoms with Gasteiger partial charge in [0.25, 0.3) is 0 Å². The number of hydrogen-bond acceptors (Lipinski definition) is 2. The first-order chi connectivity index (χ1) is 8.63. The maximum atomic E-state index is 9.50. The highest BCUT2D eigenvalue weighted by atomic mass is 16.5. The van der Waals surface area contributed by atoms with Crippen LogP contribution in [0.4, 0.5) is 0 Å². The van der Waals surface area contributed by atoms with E-state index in [0.29, 0.717) is 0 Å². The Morgan fingerprint density at radius 1 is 1.11 bits per heavy atom. The molecule has 18 heavy (non-hydrogen) atoms. The largest absolute Gasteiger partial charge is 0.491 e. The van der Waals surface area contributed by atoms with Crippen LogP contribution in [0.5, 0.6) is 5.75 Å². The molecular formula is C16H24O2. The van der Waals surface area contributed by atoms with Crippen LogP contribution in [0.1, 0.15) is 45.1 Å². The van der Waals surface area contributed by atoms with E-state index in [2.05, 4.69) is 24.3 Å². The molecule has 2 rings (SSSR count). The third kappa shape index (κ3) is 4.02. The highest BCUT2D eigenvalue weighted by Crippen LogP contribution is 2.27. The van der Waals surface area contributed by atoms with E-state index in [1.807, 2.05) is 13.8 Å². The molecule has 0 saturated heterocycles. The highest BCUT2D eigenvalue weighted by Gasteiger charge is 2.19. The number of rotatable bonds is 4. The summed E-state index contributed by atoms with van der Waals surface area (Å²) in [5.74, 6) is 1.69. The van der Waals surface area contributed by atoms with E-state index in [-0.39, 0.29) is 12.2 Å². The molecule has 0 aliphatic heterocycles. The van der Waals surface area contributed by atoms with Gasteiger partial charge in [-0.05, 0) is 69.6 Å². The molecule has 0 aromatic heterocycles. The van der Waals surface area contributed by atoms with Crippen molar-refractivity contribution in [1.82, 2.24) is 0 Å². The number of ether oxygens (including phenoxy) is 1. The molecule has 0 unspecified atom stereocenters. The van der Waals surface area contributed by atoms with Gasteiger partial charge in [0.15, 0.2) is 0 Å². The summed E-state index contributed by atoms with van der Waals surface area (Å²) in [7, 11) is 0. The van der Waals surface area contributed by atoms with E-state index in [4.69, 9.17) is 4.74 Å². The summed E-state index contributed by atoms with van der Waals surface area (Å²) in [6, 6.07) is 8.46. The lowest BCUT2D eigenvalue weighted by Gasteiger charge is -2.25. The fourth-order valence-electron chi connectivity index (χ4n) is 2.66. The molecule has 0 amide bonds. The summed E-state index contributed by atoms with van der Waals surface area (Å²) in [5, 5.41) is 9.50. The Bertz CT molecular complexity index is 348. The molecule has 1 saturated carbocycles. The fraction of sp³-hybridized carbons (Fsp3) is 0.625. The van der Waals surface area contributed by atoms with Gasteiger partial charge in [-0.1, -0.05) is 12.1 Å². The summed E-state index contributed by atoms with van der Waals surface area (Å²) < 4.78 is 5.64. The highest BCUT2D eigenvalue weighted by molar-refractivity contribution is 5.27. The fourth-order valence-corrected chi connectivity index (χ4v) is 2.66. The van der Waals surface area contributed by atoms with Crippen LogP contribution in [0, 0.1) is 5.92 Å². The van der Waals surface area contributed by atoms with Gasteiger partial charge in [0.2, 0.25) is 0 Å². The summed E-state index contributed by atoms with van der Waals surface area (Å²) >= 11 is 0. The van der Waals surface area contributed by atoms with Crippen molar-refractivity contribution in [2.75, 3.05) is 0 Å². The van der Waals surface area contributed by atoms with Gasteiger partial charge >= 0.3 is 0 Å². The second-order valence-corrected chi connectivity index (χ2v) is 5.69. The predicted molar refractivity (Wildman–Crippen MR) is 73.9 cm³/mol. The zero-order valence-corrected chi connectivity index (χ0v) is 11.4. The van der Waals surface area contributed by atoms with Crippen LogP contribution in [0.25, 0.3) is 0 Å². The predicted octanol–water partition coefficient (Wildman–Crippen LogP) is 3.57. The smallest absolute Gasteiger partial charge is 0.119 e. The molecule has 1 fully saturated rings. The van der Waals surface area contributed by atoms with Crippen LogP contribution in [-0.2, 0) is 6.42 Å². The van der Waals surface area contributed by atoms with Gasteiger partial charge in [0, 0.05) is 0 Å². The Labute approximate surface area is 110 Å². The standard InChI is InChI=1S/C16H24O2/c1-12(2)18-16-9-5-14(6-10-16)11-13-3-7-15(17)8-4-13/h5-6,9-10,12-13,15,17H,3-4,7-8,11H2,1-2H3. The average Bonchev–Trinajstić information content (AvgIpc) is 2.34. The lowest BCUT2D eigenvalue weighted by atomic mass is 9.83. The molecule has 1 aromatic rings. The van der Waals surface area contributed by atoms with Crippen molar-refractivity contribution in [3.8, 4) is 5.75 Å². The van der Waals surface area contributed by atoms with E-state index in [1.54, 1.807) is 0 Å². The van der Waals surface area contributed by atoms with E-state index < -0.39 is 0 Å². The zero-order chi connectivity index (χ0) is 13.0. The Morgan fingerprint density at radius 3 is 2.28 bits per heavy atom. The summed E-state index contributed by atoms with van der Waals surface area (Å²) in [4.78, 5) is 0. The first kappa shape index (κ1) is 13.4. The molecule has 0 bridgehead atoms. The lowest BCUT2D eigenvalue weighted by Crippen LogP contribution is -2.19. The molecule has 1 aliphatic carbocycles. The minimum absolute atomic E-state index is 0.0527. The molecule has 0 heterocycles. The van der Waals surface area contributed by atoms with Crippen molar-refractivity contribution in [2.24, 2.45) is 5.92 Å². The number of aliphatic hydroxyl groups is 1. The Kier molecular flexibility index (Phi) is 4.65. The van der Waals surface area contributed by atoms with E-state index >= 15 is 0 Å². The molecule has 1 N–H and O–H groups in total. The molecule has 2 nitrogen and oxygen atoms in total. The SMILES string of the molecule is CC(C)Oc1ccc(CC2CCC(O)CC2)cc1. The first-order valence-electron chi connectivity index (χ1n) is 7.07. The number of benzene rings is 1. The molecular weight excluding hydrogens is 224 g/mol. The van der Waals surface area contributed by atoms with Crippen LogP contribution >= 0.6 is 0 Å². The molecule has 100 valence electrons. The van der Waals surface area contributed by atoms with Gasteiger partial charge in [-0.25, -0.2) is 0 Å². The monoisotopic (exact) mass is 248 g/mol. The lowest BCUT2D eigenvalue weighted by molar-refractivity contribution is 0.109. The van der Waals surface area contributed by atoms with Crippen molar-refractivity contribution in [3.05, 3.63) is 29.8 Å². The number of hydrogen-bond donors (Lipinski definition) is 1. The van der Waals surface area contributed by atoms with Gasteiger partial charge in [-0.2, -0.15) is 0 Å². The molecule has 2 heteroatoms. The Balaban J connectivity index is 1.86. The maximum Gasteiger partial charge on any atom is 0.119 e. The molecule has 0 atom stereocenters. The van der Waals surface area contributed by atoms with Gasteiger partial charge < -0.3 is 9.84 Å². The second kappa shape index (κ2) is 6.24. The molecule has 1 aromatic carbocycles. The summed E-state index contributed by atoms with van der Waals surface area (Å²) in [6.07, 6.45) is 5.57. The average molecular weight is 248 g/mol. The minimum atomic E-state index is -0.0527. The molecule has 0 spiro atoms. The van der Waals surface area contributed by atoms with Crippen molar-refractivity contribution in [2.45, 2.75) is 58.2 Å². The third-order valence-electron chi connectivity index (χ3n) is 3.64. The maximum absolute atomic E-state index is 9.50. The van der Waals surface area contributed by atoms with Gasteiger partial charge in [-0.15, -0.1) is 0 Å². The van der Waals surface area contributed by atoms with E-state index in [0.717, 1.165) is 43.8 Å². The van der Waals surface area contributed by atoms with Crippen LogP contribution in [0.3, 0.4) is 0 Å². The zero-order valence-electron chi connectivity index (χ0n) is 11.4. The van der Waals surface area contributed by atoms with Gasteiger partial charge in [0.05, 0.1) is 12.2 Å². The quantitative estimate of drug-likeness (QED) is 0.882. The van der Waals surface area contributed by atoms with Crippen LogP contribution in [0.15, 0.2) is 24.3 Å². The van der Waals surface area contributed by atoms with Crippen molar-refractivity contribution in [1.29, 1.82) is 0 Å². The van der Waals surface area contributed by atoms with Gasteiger partial charge in [0.1, 0.15) is 5.75 Å². The van der Waals surface area contributed by atoms with Crippen LogP contribution < -0.4 is 4.74 Å². The van der Waals surface area contributed by atoms with Crippen LogP contribution in [-0.4, -0.2) is 17.3 Å². The second-order valence-electron chi connectivity index (χ2n) is 5.69. The Morgan fingerprint density at radius 2 is 1.72 bits per heavy atom. The van der Waals surface area contributed by atoms with E-state index in [1.165, 1.54) is 5.56 Å². The van der Waals surface area contributed by atoms with E-state index in [9.17, 15) is 5.11 Å². The Hall–Kier alpha value is -1.02. The molecule has 1 aliphatic rings. The topological polar surface area (TPSA) is 29.5 Å². The third-order valence-corrected chi connectivity index (χ3v) is 3.64. The normalized spacial score (nSPS) is 24.2. The van der Waals surface area contributed by atoms with Crippen molar-refractivity contribution >= 4 is 0 Å². The summed E-state index contributed by atoms with van der Waals surface area (Å²) in [5.41, 5.74) is 1.38. The summed E-state index contributed by atoms with van der Waals surface area (Å²) in [6.45, 7) is 4.09. The van der Waals surface area contributed by atoms with Crippen molar-refractivity contribution in [3.63, 3.8) is 0 Å². The van der Waals surface area contributed by atoms with Crippen molar-refractivity contribution < 1.29 is 9.84 Å². The molecule has 0 radical (unpaired) electrons.